The van der Waals surface area contributed by atoms with Gasteiger partial charge in [-0.15, -0.1) is 0 Å². The van der Waals surface area contributed by atoms with Crippen LogP contribution in [-0.4, -0.2) is 6.04 Å². The average molecular weight is 221 g/mol. The minimum absolute atomic E-state index is 0.439. The topological polar surface area (TPSA) is 26.0 Å². The number of nitrogens with two attached hydrogens (primary N) is 1. The van der Waals surface area contributed by atoms with Gasteiger partial charge in [-0.25, -0.2) is 0 Å². The molecule has 0 radical (unpaired) electrons. The van der Waals surface area contributed by atoms with Crippen molar-refractivity contribution < 1.29 is 0 Å². The van der Waals surface area contributed by atoms with Crippen LogP contribution in [0.2, 0.25) is 0 Å². The minimum atomic E-state index is 0.439. The van der Waals surface area contributed by atoms with Crippen LogP contribution in [0.4, 0.5) is 0 Å². The molecule has 4 aliphatic carbocycles. The molecule has 4 aliphatic rings. The Morgan fingerprint density at radius 2 is 1.81 bits per heavy atom. The maximum Gasteiger partial charge on any atom is 0.00440 e. The van der Waals surface area contributed by atoms with E-state index in [4.69, 9.17) is 5.73 Å². The Morgan fingerprint density at radius 1 is 1.19 bits per heavy atom. The van der Waals surface area contributed by atoms with E-state index in [0.29, 0.717) is 6.04 Å². The van der Waals surface area contributed by atoms with Crippen LogP contribution in [0.3, 0.4) is 0 Å². The number of hydrogen-bond acceptors (Lipinski definition) is 1. The molecule has 0 aromatic rings. The van der Waals surface area contributed by atoms with Crippen molar-refractivity contribution in [3.63, 3.8) is 0 Å². The first-order chi connectivity index (χ1) is 7.63. The van der Waals surface area contributed by atoms with Gasteiger partial charge in [0.2, 0.25) is 0 Å². The van der Waals surface area contributed by atoms with Crippen molar-refractivity contribution in [2.45, 2.75) is 64.8 Å². The molecule has 4 rings (SSSR count). The van der Waals surface area contributed by atoms with Crippen LogP contribution < -0.4 is 5.73 Å². The van der Waals surface area contributed by atoms with Gasteiger partial charge in [-0.05, 0) is 74.5 Å². The summed E-state index contributed by atoms with van der Waals surface area (Å²) in [4.78, 5) is 0. The van der Waals surface area contributed by atoms with Crippen molar-refractivity contribution in [1.29, 1.82) is 0 Å². The molecule has 0 heterocycles. The van der Waals surface area contributed by atoms with Crippen molar-refractivity contribution in [2.75, 3.05) is 0 Å². The molecule has 0 aliphatic heterocycles. The fraction of sp³-hybridized carbons (Fsp3) is 1.00. The lowest BCUT2D eigenvalue weighted by molar-refractivity contribution is -0.104. The summed E-state index contributed by atoms with van der Waals surface area (Å²) in [6.45, 7) is 4.61. The third-order valence-corrected chi connectivity index (χ3v) is 5.86. The average Bonchev–Trinajstić information content (AvgIpc) is 2.14. The first-order valence-electron chi connectivity index (χ1n) is 7.39. The monoisotopic (exact) mass is 221 g/mol. The van der Waals surface area contributed by atoms with E-state index in [9.17, 15) is 0 Å². The highest BCUT2D eigenvalue weighted by Gasteiger charge is 2.55. The van der Waals surface area contributed by atoms with E-state index in [2.05, 4.69) is 13.8 Å². The molecule has 0 saturated heterocycles. The van der Waals surface area contributed by atoms with E-state index >= 15 is 0 Å². The summed E-state index contributed by atoms with van der Waals surface area (Å²) in [5.41, 5.74) is 7.00. The summed E-state index contributed by atoms with van der Waals surface area (Å²) in [7, 11) is 0. The molecule has 16 heavy (non-hydrogen) atoms. The summed E-state index contributed by atoms with van der Waals surface area (Å²) in [6.07, 6.45) is 10.5. The lowest BCUT2D eigenvalue weighted by Gasteiger charge is -2.61. The highest BCUT2D eigenvalue weighted by Crippen LogP contribution is 2.64. The van der Waals surface area contributed by atoms with Gasteiger partial charge in [0.1, 0.15) is 0 Å². The lowest BCUT2D eigenvalue weighted by Crippen LogP contribution is -2.54. The molecule has 0 aromatic carbocycles. The van der Waals surface area contributed by atoms with Crippen molar-refractivity contribution in [3.05, 3.63) is 0 Å². The molecular weight excluding hydrogens is 194 g/mol. The van der Waals surface area contributed by atoms with Crippen LogP contribution in [0.5, 0.6) is 0 Å². The highest BCUT2D eigenvalue weighted by molar-refractivity contribution is 5.06. The molecule has 0 amide bonds. The van der Waals surface area contributed by atoms with Crippen LogP contribution in [0, 0.1) is 29.1 Å². The van der Waals surface area contributed by atoms with E-state index in [1.54, 1.807) is 6.42 Å². The molecule has 0 aromatic heterocycles. The second kappa shape index (κ2) is 3.73. The zero-order valence-corrected chi connectivity index (χ0v) is 10.9. The first-order valence-corrected chi connectivity index (χ1v) is 7.39. The third-order valence-electron chi connectivity index (χ3n) is 5.86. The van der Waals surface area contributed by atoms with E-state index in [1.807, 2.05) is 0 Å². The van der Waals surface area contributed by atoms with Gasteiger partial charge in [0.25, 0.3) is 0 Å². The summed E-state index contributed by atoms with van der Waals surface area (Å²) >= 11 is 0. The molecule has 2 N–H and O–H groups in total. The highest BCUT2D eigenvalue weighted by atomic mass is 14.7. The van der Waals surface area contributed by atoms with Gasteiger partial charge >= 0.3 is 0 Å². The van der Waals surface area contributed by atoms with Gasteiger partial charge in [-0.3, -0.25) is 0 Å². The second-order valence-corrected chi connectivity index (χ2v) is 7.16. The van der Waals surface area contributed by atoms with Gasteiger partial charge < -0.3 is 5.73 Å². The van der Waals surface area contributed by atoms with Crippen LogP contribution >= 0.6 is 0 Å². The normalized spacial score (nSPS) is 51.9. The van der Waals surface area contributed by atoms with Crippen molar-refractivity contribution in [3.8, 4) is 0 Å². The van der Waals surface area contributed by atoms with Crippen LogP contribution in [0.25, 0.3) is 0 Å². The maximum atomic E-state index is 6.23. The van der Waals surface area contributed by atoms with E-state index in [1.165, 1.54) is 38.5 Å². The van der Waals surface area contributed by atoms with Crippen molar-refractivity contribution >= 4 is 0 Å². The summed E-state index contributed by atoms with van der Waals surface area (Å²) < 4.78 is 0. The number of rotatable bonds is 3. The molecule has 92 valence electrons. The molecule has 4 fully saturated rings. The Balaban J connectivity index is 1.83. The van der Waals surface area contributed by atoms with Gasteiger partial charge in [0.05, 0.1) is 0 Å². The van der Waals surface area contributed by atoms with Gasteiger partial charge in [-0.2, -0.15) is 0 Å². The molecule has 0 spiro atoms. The van der Waals surface area contributed by atoms with E-state index < -0.39 is 0 Å². The Bertz CT molecular complexity index is 255. The molecule has 3 atom stereocenters. The maximum absolute atomic E-state index is 6.23. The zero-order chi connectivity index (χ0) is 11.3. The van der Waals surface area contributed by atoms with Crippen molar-refractivity contribution in [1.82, 2.24) is 0 Å². The Kier molecular flexibility index (Phi) is 2.58. The smallest absolute Gasteiger partial charge is 0.00440 e. The Morgan fingerprint density at radius 3 is 2.31 bits per heavy atom. The van der Waals surface area contributed by atoms with Gasteiger partial charge in [0, 0.05) is 6.04 Å². The standard InChI is InChI=1S/C15H27N/c1-3-4-15-7-11-5-12(8-15)14(10(2)16)13(6-11)9-15/h10-14H,3-9,16H2,1-2H3. The molecule has 4 saturated carbocycles. The number of hydrogen-bond donors (Lipinski definition) is 1. The second-order valence-electron chi connectivity index (χ2n) is 7.16. The Hall–Kier alpha value is -0.0400. The third kappa shape index (κ3) is 1.54. The molecular formula is C15H27N. The quantitative estimate of drug-likeness (QED) is 0.774. The SMILES string of the molecule is CCCC12CC3CC(C1)C(C(C)N)C(C3)C2. The van der Waals surface area contributed by atoms with Gasteiger partial charge in [0.15, 0.2) is 0 Å². The summed E-state index contributed by atoms with van der Waals surface area (Å²) in [6, 6.07) is 0.439. The zero-order valence-electron chi connectivity index (χ0n) is 10.9. The van der Waals surface area contributed by atoms with Crippen LogP contribution in [-0.2, 0) is 0 Å². The first kappa shape index (κ1) is 11.1. The van der Waals surface area contributed by atoms with E-state index in [-0.39, 0.29) is 0 Å². The van der Waals surface area contributed by atoms with Crippen LogP contribution in [0.1, 0.15) is 58.8 Å². The Labute approximate surface area is 100 Å². The minimum Gasteiger partial charge on any atom is -0.328 e. The van der Waals surface area contributed by atoms with Gasteiger partial charge in [-0.1, -0.05) is 13.3 Å². The predicted octanol–water partition coefficient (Wildman–Crippen LogP) is 3.58. The summed E-state index contributed by atoms with van der Waals surface area (Å²) in [5, 5.41) is 0. The molecule has 1 heteroatoms. The fourth-order valence-electron chi connectivity index (χ4n) is 5.93. The fourth-order valence-corrected chi connectivity index (χ4v) is 5.93. The molecule has 4 bridgehead atoms. The largest absolute Gasteiger partial charge is 0.328 e. The van der Waals surface area contributed by atoms with E-state index in [0.717, 1.165) is 29.1 Å². The van der Waals surface area contributed by atoms with Crippen molar-refractivity contribution in [2.24, 2.45) is 34.8 Å². The predicted molar refractivity (Wildman–Crippen MR) is 68.0 cm³/mol. The molecule has 3 unspecified atom stereocenters. The summed E-state index contributed by atoms with van der Waals surface area (Å²) in [5.74, 6) is 3.90. The lowest BCUT2D eigenvalue weighted by atomic mass is 9.44. The van der Waals surface area contributed by atoms with Crippen LogP contribution in [0.15, 0.2) is 0 Å². The molecule has 1 nitrogen and oxygen atoms in total.